The number of ether oxygens (including phenoxy) is 1. The Bertz CT molecular complexity index is 1560. The number of rotatable bonds is 2. The van der Waals surface area contributed by atoms with Gasteiger partial charge in [0.1, 0.15) is 17.9 Å². The standard InChI is InChI=1S/C27H16ClNO3/c28-18-11-13-22-20(14-18)26-17(15-31-22)10-12-21(29-26)25-19-8-4-5-9-23(19)32-27(30)24(25)16-6-2-1-3-7-16/h1-14H,15H2. The molecule has 0 N–H and O–H groups in total. The lowest BCUT2D eigenvalue weighted by Gasteiger charge is -2.21. The monoisotopic (exact) mass is 437 g/mol. The summed E-state index contributed by atoms with van der Waals surface area (Å²) in [7, 11) is 0. The molecule has 1 aliphatic rings. The van der Waals surface area contributed by atoms with Crippen LogP contribution in [0.2, 0.25) is 5.02 Å². The van der Waals surface area contributed by atoms with E-state index in [0.717, 1.165) is 39.1 Å². The maximum absolute atomic E-state index is 13.1. The molecule has 0 atom stereocenters. The third kappa shape index (κ3) is 3.00. The molecule has 0 unspecified atom stereocenters. The van der Waals surface area contributed by atoms with Crippen molar-refractivity contribution in [2.24, 2.45) is 0 Å². The number of nitrogens with zero attached hydrogens (tertiary/aromatic N) is 1. The van der Waals surface area contributed by atoms with Gasteiger partial charge >= 0.3 is 5.63 Å². The number of fused-ring (bicyclic) bond motifs is 4. The van der Waals surface area contributed by atoms with Gasteiger partial charge in [0.2, 0.25) is 0 Å². The fourth-order valence-electron chi connectivity index (χ4n) is 4.23. The lowest BCUT2D eigenvalue weighted by atomic mass is 9.94. The van der Waals surface area contributed by atoms with Crippen LogP contribution in [0.1, 0.15) is 5.56 Å². The van der Waals surface area contributed by atoms with E-state index >= 15 is 0 Å². The van der Waals surface area contributed by atoms with Gasteiger partial charge in [-0.3, -0.25) is 0 Å². The zero-order chi connectivity index (χ0) is 21.7. The molecule has 5 aromatic rings. The second-order valence-electron chi connectivity index (χ2n) is 7.64. The molecule has 1 aliphatic heterocycles. The Morgan fingerprint density at radius 2 is 1.66 bits per heavy atom. The number of benzene rings is 3. The quantitative estimate of drug-likeness (QED) is 0.287. The summed E-state index contributed by atoms with van der Waals surface area (Å²) >= 11 is 6.27. The number of para-hydroxylation sites is 1. The average Bonchev–Trinajstić information content (AvgIpc) is 2.83. The lowest BCUT2D eigenvalue weighted by molar-refractivity contribution is 0.301. The van der Waals surface area contributed by atoms with Gasteiger partial charge in [0.15, 0.2) is 0 Å². The summed E-state index contributed by atoms with van der Waals surface area (Å²) in [6.45, 7) is 0.431. The van der Waals surface area contributed by atoms with E-state index in [4.69, 9.17) is 25.7 Å². The summed E-state index contributed by atoms with van der Waals surface area (Å²) in [6, 6.07) is 26.6. The summed E-state index contributed by atoms with van der Waals surface area (Å²) in [6.07, 6.45) is 0. The van der Waals surface area contributed by atoms with Crippen LogP contribution in [0.25, 0.3) is 44.6 Å². The minimum atomic E-state index is -0.392. The maximum atomic E-state index is 13.1. The van der Waals surface area contributed by atoms with Gasteiger partial charge in [0, 0.05) is 27.1 Å². The highest BCUT2D eigenvalue weighted by atomic mass is 35.5. The number of hydrogen-bond acceptors (Lipinski definition) is 4. The molecular formula is C27H16ClNO3. The van der Waals surface area contributed by atoms with Crippen molar-refractivity contribution in [1.82, 2.24) is 4.98 Å². The van der Waals surface area contributed by atoms with Crippen molar-refractivity contribution in [2.75, 3.05) is 0 Å². The van der Waals surface area contributed by atoms with Crippen LogP contribution in [-0.2, 0) is 6.61 Å². The van der Waals surface area contributed by atoms with E-state index in [-0.39, 0.29) is 0 Å². The fraction of sp³-hybridized carbons (Fsp3) is 0.0370. The van der Waals surface area contributed by atoms with Gasteiger partial charge in [-0.25, -0.2) is 9.78 Å². The Labute approximate surface area is 188 Å². The SMILES string of the molecule is O=c1oc2ccccc2c(-c2ccc3c(n2)-c2cc(Cl)ccc2OC3)c1-c1ccccc1. The van der Waals surface area contributed by atoms with Crippen LogP contribution in [-0.4, -0.2) is 4.98 Å². The molecule has 0 saturated heterocycles. The summed E-state index contributed by atoms with van der Waals surface area (Å²) in [5, 5.41) is 1.44. The highest BCUT2D eigenvalue weighted by Crippen LogP contribution is 2.41. The Kier molecular flexibility index (Phi) is 4.33. The highest BCUT2D eigenvalue weighted by molar-refractivity contribution is 6.31. The minimum absolute atomic E-state index is 0.392. The maximum Gasteiger partial charge on any atom is 0.344 e. The first-order valence-electron chi connectivity index (χ1n) is 10.2. The van der Waals surface area contributed by atoms with Crippen molar-refractivity contribution in [3.8, 4) is 39.4 Å². The highest BCUT2D eigenvalue weighted by Gasteiger charge is 2.23. The van der Waals surface area contributed by atoms with Gasteiger partial charge in [0.25, 0.3) is 0 Å². The predicted molar refractivity (Wildman–Crippen MR) is 126 cm³/mol. The van der Waals surface area contributed by atoms with E-state index in [1.807, 2.05) is 72.8 Å². The summed E-state index contributed by atoms with van der Waals surface area (Å²) in [5.74, 6) is 0.743. The van der Waals surface area contributed by atoms with Gasteiger partial charge in [0.05, 0.1) is 17.0 Å². The lowest BCUT2D eigenvalue weighted by Crippen LogP contribution is -2.09. The molecular weight excluding hydrogens is 422 g/mol. The largest absolute Gasteiger partial charge is 0.488 e. The Balaban J connectivity index is 1.68. The van der Waals surface area contributed by atoms with Crippen LogP contribution >= 0.6 is 11.6 Å². The smallest absolute Gasteiger partial charge is 0.344 e. The topological polar surface area (TPSA) is 52.3 Å². The molecule has 32 heavy (non-hydrogen) atoms. The molecule has 6 rings (SSSR count). The third-order valence-corrected chi connectivity index (χ3v) is 5.93. The molecule has 5 heteroatoms. The van der Waals surface area contributed by atoms with Gasteiger partial charge in [-0.15, -0.1) is 0 Å². The van der Waals surface area contributed by atoms with Crippen molar-refractivity contribution in [1.29, 1.82) is 0 Å². The van der Waals surface area contributed by atoms with Crippen LogP contribution in [0.15, 0.2) is 94.1 Å². The first-order valence-corrected chi connectivity index (χ1v) is 10.6. The molecule has 0 aliphatic carbocycles. The van der Waals surface area contributed by atoms with E-state index in [2.05, 4.69) is 0 Å². The summed E-state index contributed by atoms with van der Waals surface area (Å²) in [5.41, 5.74) is 5.48. The normalized spacial score (nSPS) is 12.2. The van der Waals surface area contributed by atoms with Crippen LogP contribution in [0.3, 0.4) is 0 Å². The average molecular weight is 438 g/mol. The first-order chi connectivity index (χ1) is 15.7. The molecule has 0 saturated carbocycles. The fourth-order valence-corrected chi connectivity index (χ4v) is 4.40. The molecule has 0 radical (unpaired) electrons. The Morgan fingerprint density at radius 3 is 2.53 bits per heavy atom. The Morgan fingerprint density at radius 1 is 0.844 bits per heavy atom. The van der Waals surface area contributed by atoms with E-state index in [1.54, 1.807) is 12.1 Å². The van der Waals surface area contributed by atoms with E-state index in [0.29, 0.717) is 28.5 Å². The number of aromatic nitrogens is 1. The Hall–Kier alpha value is -3.89. The molecule has 4 nitrogen and oxygen atoms in total. The molecule has 3 heterocycles. The molecule has 3 aromatic carbocycles. The molecule has 0 fully saturated rings. The number of hydrogen-bond donors (Lipinski definition) is 0. The predicted octanol–water partition coefficient (Wildman–Crippen LogP) is 6.73. The molecule has 0 spiro atoms. The molecule has 2 aromatic heterocycles. The van der Waals surface area contributed by atoms with Crippen LogP contribution in [0, 0.1) is 0 Å². The van der Waals surface area contributed by atoms with Crippen molar-refractivity contribution >= 4 is 22.6 Å². The van der Waals surface area contributed by atoms with Gasteiger partial charge < -0.3 is 9.15 Å². The van der Waals surface area contributed by atoms with E-state index in [9.17, 15) is 4.79 Å². The number of halogens is 1. The second-order valence-corrected chi connectivity index (χ2v) is 8.07. The minimum Gasteiger partial charge on any atom is -0.488 e. The third-order valence-electron chi connectivity index (χ3n) is 5.69. The first kappa shape index (κ1) is 18.8. The van der Waals surface area contributed by atoms with Crippen molar-refractivity contribution in [2.45, 2.75) is 6.61 Å². The zero-order valence-corrected chi connectivity index (χ0v) is 17.6. The van der Waals surface area contributed by atoms with Crippen molar-refractivity contribution in [3.05, 3.63) is 106 Å². The van der Waals surface area contributed by atoms with Crippen molar-refractivity contribution < 1.29 is 9.15 Å². The van der Waals surface area contributed by atoms with E-state index < -0.39 is 5.63 Å². The van der Waals surface area contributed by atoms with Crippen LogP contribution < -0.4 is 10.4 Å². The second kappa shape index (κ2) is 7.36. The summed E-state index contributed by atoms with van der Waals surface area (Å²) < 4.78 is 11.5. The van der Waals surface area contributed by atoms with E-state index in [1.165, 1.54) is 0 Å². The molecule has 154 valence electrons. The van der Waals surface area contributed by atoms with Gasteiger partial charge in [-0.05, 0) is 35.9 Å². The van der Waals surface area contributed by atoms with Crippen LogP contribution in [0.5, 0.6) is 5.75 Å². The molecule has 0 amide bonds. The van der Waals surface area contributed by atoms with Crippen molar-refractivity contribution in [3.63, 3.8) is 0 Å². The number of pyridine rings is 1. The zero-order valence-electron chi connectivity index (χ0n) is 16.8. The van der Waals surface area contributed by atoms with Gasteiger partial charge in [-0.1, -0.05) is 66.2 Å². The molecule has 0 bridgehead atoms. The summed E-state index contributed by atoms with van der Waals surface area (Å²) in [4.78, 5) is 18.2. The van der Waals surface area contributed by atoms with Gasteiger partial charge in [-0.2, -0.15) is 0 Å². The van der Waals surface area contributed by atoms with Crippen LogP contribution in [0.4, 0.5) is 0 Å².